The highest BCUT2D eigenvalue weighted by atomic mass is 16.7. The summed E-state index contributed by atoms with van der Waals surface area (Å²) in [5.74, 6) is 1.06. The van der Waals surface area contributed by atoms with Crippen LogP contribution in [0, 0.1) is 0 Å². The molecule has 0 aliphatic carbocycles. The molecule has 1 aromatic rings. The number of methoxy groups -OCH3 is 1. The van der Waals surface area contributed by atoms with Crippen LogP contribution in [-0.2, 0) is 9.31 Å². The van der Waals surface area contributed by atoms with Crippen LogP contribution in [-0.4, -0.2) is 49.5 Å². The smallest absolute Gasteiger partial charge is 0.481 e. The van der Waals surface area contributed by atoms with Crippen LogP contribution < -0.4 is 15.1 Å². The zero-order valence-electron chi connectivity index (χ0n) is 13.2. The highest BCUT2D eigenvalue weighted by Crippen LogP contribution is 2.37. The van der Waals surface area contributed by atoms with E-state index in [0.717, 1.165) is 0 Å². The molecule has 20 heavy (non-hydrogen) atoms. The van der Waals surface area contributed by atoms with Gasteiger partial charge in [0.25, 0.3) is 0 Å². The largest absolute Gasteiger partial charge is 0.502 e. The molecule has 110 valence electrons. The maximum atomic E-state index is 6.00. The summed E-state index contributed by atoms with van der Waals surface area (Å²) in [6.45, 7) is 8.03. The lowest BCUT2D eigenvalue weighted by Gasteiger charge is -2.32. The summed E-state index contributed by atoms with van der Waals surface area (Å²) >= 11 is 0. The van der Waals surface area contributed by atoms with E-state index in [2.05, 4.69) is 9.97 Å². The third-order valence-electron chi connectivity index (χ3n) is 3.87. The highest BCUT2D eigenvalue weighted by Gasteiger charge is 2.52. The molecular weight excluding hydrogens is 257 g/mol. The summed E-state index contributed by atoms with van der Waals surface area (Å²) in [5, 5.41) is 0. The molecule has 0 amide bonds. The fourth-order valence-electron chi connectivity index (χ4n) is 1.88. The average Bonchev–Trinajstić information content (AvgIpc) is 2.57. The Balaban J connectivity index is 2.35. The van der Waals surface area contributed by atoms with E-state index >= 15 is 0 Å². The minimum atomic E-state index is -0.522. The maximum Gasteiger partial charge on any atom is 0.502 e. The molecule has 1 aliphatic heterocycles. The Morgan fingerprint density at radius 1 is 1.15 bits per heavy atom. The Labute approximate surface area is 120 Å². The van der Waals surface area contributed by atoms with E-state index in [-0.39, 0.29) is 0 Å². The number of nitrogens with zero attached hydrogens (tertiary/aromatic N) is 3. The second-order valence-corrected chi connectivity index (χ2v) is 6.12. The van der Waals surface area contributed by atoms with E-state index in [1.165, 1.54) is 0 Å². The van der Waals surface area contributed by atoms with Crippen molar-refractivity contribution < 1.29 is 14.0 Å². The molecule has 6 nitrogen and oxygen atoms in total. The molecule has 2 heterocycles. The van der Waals surface area contributed by atoms with Gasteiger partial charge in [-0.05, 0) is 27.7 Å². The van der Waals surface area contributed by atoms with Crippen molar-refractivity contribution >= 4 is 18.5 Å². The number of hydrogen-bond acceptors (Lipinski definition) is 6. The van der Waals surface area contributed by atoms with Gasteiger partial charge in [0.2, 0.25) is 11.8 Å². The standard InChI is InChI=1S/C13H22BN3O3/c1-12(2)13(3,4)20-14(19-12)9-8-15-11(17(5)6)16-10(9)18-7/h8H,1-7H3. The summed E-state index contributed by atoms with van der Waals surface area (Å²) in [4.78, 5) is 10.5. The predicted octanol–water partition coefficient (Wildman–Crippen LogP) is 0.850. The average molecular weight is 279 g/mol. The zero-order chi connectivity index (χ0) is 15.1. The van der Waals surface area contributed by atoms with Crippen molar-refractivity contribution in [1.29, 1.82) is 0 Å². The first-order valence-electron chi connectivity index (χ1n) is 6.62. The van der Waals surface area contributed by atoms with Gasteiger partial charge in [0.1, 0.15) is 0 Å². The van der Waals surface area contributed by atoms with Gasteiger partial charge in [-0.3, -0.25) is 0 Å². The second-order valence-electron chi connectivity index (χ2n) is 6.12. The highest BCUT2D eigenvalue weighted by molar-refractivity contribution is 6.63. The lowest BCUT2D eigenvalue weighted by Crippen LogP contribution is -2.41. The number of ether oxygens (including phenoxy) is 1. The number of hydrogen-bond donors (Lipinski definition) is 0. The van der Waals surface area contributed by atoms with Gasteiger partial charge >= 0.3 is 7.12 Å². The molecule has 0 bridgehead atoms. The maximum absolute atomic E-state index is 6.00. The summed E-state index contributed by atoms with van der Waals surface area (Å²) in [5.41, 5.74) is -0.0945. The van der Waals surface area contributed by atoms with Gasteiger partial charge in [0, 0.05) is 20.3 Å². The van der Waals surface area contributed by atoms with Crippen molar-refractivity contribution in [2.45, 2.75) is 38.9 Å². The second kappa shape index (κ2) is 4.89. The molecule has 0 unspecified atom stereocenters. The molecule has 0 N–H and O–H groups in total. The molecule has 1 fully saturated rings. The summed E-state index contributed by atoms with van der Waals surface area (Å²) in [6, 6.07) is 0. The third-order valence-corrected chi connectivity index (χ3v) is 3.87. The molecule has 1 aliphatic rings. The van der Waals surface area contributed by atoms with Crippen LogP contribution in [0.5, 0.6) is 5.88 Å². The van der Waals surface area contributed by atoms with Crippen LogP contribution in [0.2, 0.25) is 0 Å². The van der Waals surface area contributed by atoms with Gasteiger partial charge < -0.3 is 18.9 Å². The molecule has 0 radical (unpaired) electrons. The molecule has 0 atom stereocenters. The Morgan fingerprint density at radius 2 is 1.70 bits per heavy atom. The van der Waals surface area contributed by atoms with Crippen LogP contribution in [0.25, 0.3) is 0 Å². The molecule has 2 rings (SSSR count). The minimum Gasteiger partial charge on any atom is -0.481 e. The zero-order valence-corrected chi connectivity index (χ0v) is 13.2. The fourth-order valence-corrected chi connectivity index (χ4v) is 1.88. The number of rotatable bonds is 3. The predicted molar refractivity (Wildman–Crippen MR) is 78.6 cm³/mol. The topological polar surface area (TPSA) is 56.7 Å². The van der Waals surface area contributed by atoms with Gasteiger partial charge in [-0.15, -0.1) is 0 Å². The Bertz CT molecular complexity index is 490. The normalized spacial score (nSPS) is 20.1. The first-order valence-corrected chi connectivity index (χ1v) is 6.62. The van der Waals surface area contributed by atoms with E-state index in [9.17, 15) is 0 Å². The van der Waals surface area contributed by atoms with Gasteiger partial charge in [0.15, 0.2) is 0 Å². The van der Waals surface area contributed by atoms with E-state index in [0.29, 0.717) is 17.3 Å². The first-order chi connectivity index (χ1) is 9.18. The Hall–Kier alpha value is -1.34. The van der Waals surface area contributed by atoms with Crippen LogP contribution in [0.3, 0.4) is 0 Å². The molecule has 1 aromatic heterocycles. The third kappa shape index (κ3) is 2.47. The number of aromatic nitrogens is 2. The Morgan fingerprint density at radius 3 is 2.15 bits per heavy atom. The molecular formula is C13H22BN3O3. The van der Waals surface area contributed by atoms with Gasteiger partial charge in [-0.1, -0.05) is 0 Å². The molecule has 7 heteroatoms. The first kappa shape index (κ1) is 15.1. The van der Waals surface area contributed by atoms with Gasteiger partial charge in [0.05, 0.1) is 23.8 Å². The van der Waals surface area contributed by atoms with Gasteiger partial charge in [-0.25, -0.2) is 4.98 Å². The fraction of sp³-hybridized carbons (Fsp3) is 0.692. The van der Waals surface area contributed by atoms with Crippen LogP contribution in [0.1, 0.15) is 27.7 Å². The molecule has 0 saturated carbocycles. The summed E-state index contributed by atoms with van der Waals surface area (Å²) in [7, 11) is 4.81. The van der Waals surface area contributed by atoms with Crippen molar-refractivity contribution in [2.75, 3.05) is 26.1 Å². The SMILES string of the molecule is COc1nc(N(C)C)ncc1B1OC(C)(C)C(C)(C)O1. The molecule has 0 aromatic carbocycles. The molecule has 1 saturated heterocycles. The lowest BCUT2D eigenvalue weighted by atomic mass is 9.81. The molecule has 0 spiro atoms. The quantitative estimate of drug-likeness (QED) is 0.765. The van der Waals surface area contributed by atoms with Crippen molar-refractivity contribution in [2.24, 2.45) is 0 Å². The van der Waals surface area contributed by atoms with Crippen LogP contribution >= 0.6 is 0 Å². The van der Waals surface area contributed by atoms with E-state index in [1.807, 2.05) is 46.7 Å². The van der Waals surface area contributed by atoms with Crippen molar-refractivity contribution in [3.8, 4) is 5.88 Å². The Kier molecular flexibility index (Phi) is 3.68. The van der Waals surface area contributed by atoms with Gasteiger partial charge in [-0.2, -0.15) is 4.98 Å². The minimum absolute atomic E-state index is 0.400. The lowest BCUT2D eigenvalue weighted by molar-refractivity contribution is 0.00578. The van der Waals surface area contributed by atoms with Crippen LogP contribution in [0.15, 0.2) is 6.20 Å². The number of anilines is 1. The monoisotopic (exact) mass is 279 g/mol. The van der Waals surface area contributed by atoms with Crippen LogP contribution in [0.4, 0.5) is 5.95 Å². The van der Waals surface area contributed by atoms with Crippen molar-refractivity contribution in [3.05, 3.63) is 6.20 Å². The summed E-state index contributed by atoms with van der Waals surface area (Å²) in [6.07, 6.45) is 1.70. The van der Waals surface area contributed by atoms with E-state index < -0.39 is 18.3 Å². The van der Waals surface area contributed by atoms with E-state index in [4.69, 9.17) is 14.0 Å². The van der Waals surface area contributed by atoms with Crippen molar-refractivity contribution in [3.63, 3.8) is 0 Å². The summed E-state index contributed by atoms with van der Waals surface area (Å²) < 4.78 is 17.3. The van der Waals surface area contributed by atoms with E-state index in [1.54, 1.807) is 13.3 Å². The van der Waals surface area contributed by atoms with Crippen molar-refractivity contribution in [1.82, 2.24) is 9.97 Å².